The molecule has 5 rings (SSSR count). The summed E-state index contributed by atoms with van der Waals surface area (Å²) in [5.41, 5.74) is 4.20. The third-order valence-electron chi connectivity index (χ3n) is 4.52. The summed E-state index contributed by atoms with van der Waals surface area (Å²) in [6, 6.07) is 30.6. The predicted molar refractivity (Wildman–Crippen MR) is 104 cm³/mol. The van der Waals surface area contributed by atoms with E-state index in [4.69, 9.17) is 9.72 Å². The van der Waals surface area contributed by atoms with Crippen molar-refractivity contribution in [1.29, 1.82) is 0 Å². The van der Waals surface area contributed by atoms with Crippen molar-refractivity contribution < 1.29 is 4.74 Å². The second-order valence-electron chi connectivity index (χ2n) is 6.11. The molecule has 3 aromatic carbocycles. The minimum Gasteiger partial charge on any atom is -0.453 e. The molecule has 26 heavy (non-hydrogen) atoms. The van der Waals surface area contributed by atoms with Crippen LogP contribution in [0.4, 0.5) is 17.2 Å². The molecule has 0 aliphatic carbocycles. The van der Waals surface area contributed by atoms with Crippen LogP contribution in [-0.4, -0.2) is 4.98 Å². The normalized spacial score (nSPS) is 12.1. The fourth-order valence-corrected chi connectivity index (χ4v) is 3.35. The summed E-state index contributed by atoms with van der Waals surface area (Å²) in [5, 5.41) is 0. The molecule has 0 N–H and O–H groups in total. The lowest BCUT2D eigenvalue weighted by atomic mass is 10.0. The molecule has 1 aliphatic rings. The van der Waals surface area contributed by atoms with Crippen LogP contribution in [0, 0.1) is 0 Å². The Morgan fingerprint density at radius 2 is 1.23 bits per heavy atom. The smallest absolute Gasteiger partial charge is 0.151 e. The van der Waals surface area contributed by atoms with Crippen molar-refractivity contribution in [2.45, 2.75) is 0 Å². The van der Waals surface area contributed by atoms with E-state index in [1.807, 2.05) is 66.9 Å². The molecule has 0 atom stereocenters. The summed E-state index contributed by atoms with van der Waals surface area (Å²) < 4.78 is 6.11. The first kappa shape index (κ1) is 14.7. The summed E-state index contributed by atoms with van der Waals surface area (Å²) in [6.45, 7) is 0. The van der Waals surface area contributed by atoms with Crippen LogP contribution in [0.3, 0.4) is 0 Å². The monoisotopic (exact) mass is 336 g/mol. The Morgan fingerprint density at radius 1 is 0.615 bits per heavy atom. The van der Waals surface area contributed by atoms with Crippen molar-refractivity contribution in [3.8, 4) is 22.6 Å². The molecule has 3 heteroatoms. The van der Waals surface area contributed by atoms with E-state index in [1.165, 1.54) is 0 Å². The first-order chi connectivity index (χ1) is 12.9. The number of ether oxygens (including phenoxy) is 1. The molecule has 0 saturated heterocycles. The largest absolute Gasteiger partial charge is 0.453 e. The van der Waals surface area contributed by atoms with Gasteiger partial charge in [-0.1, -0.05) is 54.6 Å². The Morgan fingerprint density at radius 3 is 1.92 bits per heavy atom. The highest BCUT2D eigenvalue weighted by Crippen LogP contribution is 2.51. The second kappa shape index (κ2) is 6.05. The summed E-state index contributed by atoms with van der Waals surface area (Å²) in [5.74, 6) is 2.55. The third kappa shape index (κ3) is 2.33. The van der Waals surface area contributed by atoms with Gasteiger partial charge in [-0.15, -0.1) is 0 Å². The van der Waals surface area contributed by atoms with Crippen LogP contribution in [0.25, 0.3) is 11.1 Å². The van der Waals surface area contributed by atoms with Gasteiger partial charge in [0, 0.05) is 11.8 Å². The number of nitrogens with zero attached hydrogens (tertiary/aromatic N) is 2. The lowest BCUT2D eigenvalue weighted by Crippen LogP contribution is -2.17. The first-order valence-corrected chi connectivity index (χ1v) is 8.58. The first-order valence-electron chi connectivity index (χ1n) is 8.58. The van der Waals surface area contributed by atoms with Crippen LogP contribution >= 0.6 is 0 Å². The van der Waals surface area contributed by atoms with Crippen molar-refractivity contribution >= 4 is 17.2 Å². The summed E-state index contributed by atoms with van der Waals surface area (Å²) in [4.78, 5) is 6.92. The Labute approximate surface area is 152 Å². The number of hydrogen-bond acceptors (Lipinski definition) is 3. The molecule has 0 bridgehead atoms. The van der Waals surface area contributed by atoms with E-state index in [0.717, 1.165) is 39.8 Å². The summed E-state index contributed by atoms with van der Waals surface area (Å²) >= 11 is 0. The Balaban J connectivity index is 1.78. The molecule has 0 spiro atoms. The molecule has 2 heterocycles. The Hall–Kier alpha value is -3.59. The van der Waals surface area contributed by atoms with Crippen molar-refractivity contribution in [3.63, 3.8) is 0 Å². The maximum absolute atomic E-state index is 6.11. The zero-order valence-electron chi connectivity index (χ0n) is 14.0. The van der Waals surface area contributed by atoms with Gasteiger partial charge in [0.05, 0.1) is 11.4 Å². The van der Waals surface area contributed by atoms with Gasteiger partial charge in [0.25, 0.3) is 0 Å². The average molecular weight is 336 g/mol. The maximum Gasteiger partial charge on any atom is 0.151 e. The van der Waals surface area contributed by atoms with Crippen LogP contribution in [0.5, 0.6) is 11.5 Å². The highest BCUT2D eigenvalue weighted by Gasteiger charge is 2.27. The Bertz CT molecular complexity index is 1030. The van der Waals surface area contributed by atoms with E-state index >= 15 is 0 Å². The van der Waals surface area contributed by atoms with Crippen molar-refractivity contribution in [3.05, 3.63) is 97.2 Å². The topological polar surface area (TPSA) is 25.4 Å². The van der Waals surface area contributed by atoms with Crippen molar-refractivity contribution in [2.75, 3.05) is 4.90 Å². The van der Waals surface area contributed by atoms with Gasteiger partial charge in [-0.2, -0.15) is 0 Å². The molecule has 124 valence electrons. The molecule has 3 nitrogen and oxygen atoms in total. The standard InChI is InChI=1S/C23H16N2O/c1-2-9-17(10-3-1)18-11-8-16-24-23(18)25-19-12-4-6-14-21(19)26-22-15-7-5-13-20(22)25/h1-16H. The quantitative estimate of drug-likeness (QED) is 0.377. The van der Waals surface area contributed by atoms with E-state index in [-0.39, 0.29) is 0 Å². The van der Waals surface area contributed by atoms with Crippen LogP contribution in [-0.2, 0) is 0 Å². The van der Waals surface area contributed by atoms with Crippen molar-refractivity contribution in [2.24, 2.45) is 0 Å². The second-order valence-corrected chi connectivity index (χ2v) is 6.11. The number of rotatable bonds is 2. The van der Waals surface area contributed by atoms with Gasteiger partial charge < -0.3 is 4.74 Å². The summed E-state index contributed by atoms with van der Waals surface area (Å²) in [6.07, 6.45) is 1.84. The van der Waals surface area contributed by atoms with E-state index in [9.17, 15) is 0 Å². The molecule has 1 aromatic heterocycles. The van der Waals surface area contributed by atoms with Gasteiger partial charge in [0.2, 0.25) is 0 Å². The highest BCUT2D eigenvalue weighted by atomic mass is 16.5. The maximum atomic E-state index is 6.11. The molecule has 0 saturated carbocycles. The fourth-order valence-electron chi connectivity index (χ4n) is 3.35. The lowest BCUT2D eigenvalue weighted by molar-refractivity contribution is 0.476. The Kier molecular flexibility index (Phi) is 3.42. The van der Waals surface area contributed by atoms with Gasteiger partial charge in [0.15, 0.2) is 11.5 Å². The molecule has 1 aliphatic heterocycles. The SMILES string of the molecule is c1ccc(-c2cccnc2N2c3ccccc3Oc3ccccc32)cc1. The molecule has 0 fully saturated rings. The number of anilines is 3. The van der Waals surface area contributed by atoms with Gasteiger partial charge >= 0.3 is 0 Å². The number of fused-ring (bicyclic) bond motifs is 2. The molecule has 0 unspecified atom stereocenters. The minimum absolute atomic E-state index is 0.830. The number of para-hydroxylation sites is 4. The third-order valence-corrected chi connectivity index (χ3v) is 4.52. The van der Waals surface area contributed by atoms with E-state index in [0.29, 0.717) is 0 Å². The van der Waals surface area contributed by atoms with E-state index in [2.05, 4.69) is 35.2 Å². The highest BCUT2D eigenvalue weighted by molar-refractivity contribution is 5.90. The zero-order chi connectivity index (χ0) is 17.3. The number of aromatic nitrogens is 1. The van der Waals surface area contributed by atoms with Crippen molar-refractivity contribution in [1.82, 2.24) is 4.98 Å². The van der Waals surface area contributed by atoms with E-state index < -0.39 is 0 Å². The number of benzene rings is 3. The number of pyridine rings is 1. The van der Waals surface area contributed by atoms with Crippen LogP contribution in [0.1, 0.15) is 0 Å². The van der Waals surface area contributed by atoms with Gasteiger partial charge in [-0.05, 0) is 42.0 Å². The molecular weight excluding hydrogens is 320 g/mol. The van der Waals surface area contributed by atoms with Gasteiger partial charge in [-0.3, -0.25) is 4.90 Å². The van der Waals surface area contributed by atoms with E-state index in [1.54, 1.807) is 0 Å². The summed E-state index contributed by atoms with van der Waals surface area (Å²) in [7, 11) is 0. The van der Waals surface area contributed by atoms with Crippen LogP contribution in [0.15, 0.2) is 97.2 Å². The van der Waals surface area contributed by atoms with Gasteiger partial charge in [0.1, 0.15) is 5.82 Å². The molecular formula is C23H16N2O. The molecule has 4 aromatic rings. The van der Waals surface area contributed by atoms with Crippen LogP contribution in [0.2, 0.25) is 0 Å². The predicted octanol–water partition coefficient (Wildman–Crippen LogP) is 6.32. The van der Waals surface area contributed by atoms with Crippen LogP contribution < -0.4 is 9.64 Å². The molecule has 0 amide bonds. The lowest BCUT2D eigenvalue weighted by Gasteiger charge is -2.33. The zero-order valence-corrected chi connectivity index (χ0v) is 14.0. The van der Waals surface area contributed by atoms with Gasteiger partial charge in [-0.25, -0.2) is 4.98 Å². The minimum atomic E-state index is 0.830. The fraction of sp³-hybridized carbons (Fsp3) is 0. The number of hydrogen-bond donors (Lipinski definition) is 0. The molecule has 0 radical (unpaired) electrons. The average Bonchev–Trinajstić information content (AvgIpc) is 2.72.